The number of nitrogens with zero attached hydrogens (tertiary/aromatic N) is 1. The van der Waals surface area contributed by atoms with E-state index in [1.165, 1.54) is 22.3 Å². The molecule has 0 saturated carbocycles. The van der Waals surface area contributed by atoms with Gasteiger partial charge in [0.05, 0.1) is 6.04 Å². The van der Waals surface area contributed by atoms with Crippen molar-refractivity contribution in [3.05, 3.63) is 41.0 Å². The second-order valence-corrected chi connectivity index (χ2v) is 10.4. The summed E-state index contributed by atoms with van der Waals surface area (Å²) in [4.78, 5) is 15.5. The molecule has 0 radical (unpaired) electrons. The fourth-order valence-electron chi connectivity index (χ4n) is 5.19. The molecule has 2 heteroatoms. The zero-order valence-electron chi connectivity index (χ0n) is 18.1. The van der Waals surface area contributed by atoms with Crippen LogP contribution in [-0.2, 0) is 11.2 Å². The highest BCUT2D eigenvalue weighted by Gasteiger charge is 2.37. The lowest BCUT2D eigenvalue weighted by atomic mass is 9.83. The number of fused-ring (bicyclic) bond motifs is 2. The molecule has 0 fully saturated rings. The Hall–Kier alpha value is -1.57. The number of amides is 1. The van der Waals surface area contributed by atoms with Gasteiger partial charge in [0.2, 0.25) is 5.91 Å². The maximum Gasteiger partial charge on any atom is 0.223 e. The Balaban J connectivity index is 1.80. The van der Waals surface area contributed by atoms with Gasteiger partial charge < -0.3 is 4.90 Å². The van der Waals surface area contributed by atoms with Crippen LogP contribution in [-0.4, -0.2) is 23.4 Å². The molecule has 0 spiro atoms. The van der Waals surface area contributed by atoms with Crippen molar-refractivity contribution in [2.45, 2.75) is 79.7 Å². The van der Waals surface area contributed by atoms with E-state index in [1.807, 2.05) is 0 Å². The Kier molecular flexibility index (Phi) is 5.84. The first-order valence-corrected chi connectivity index (χ1v) is 10.8. The molecule has 0 N–H and O–H groups in total. The van der Waals surface area contributed by atoms with Crippen molar-refractivity contribution in [1.29, 1.82) is 0 Å². The van der Waals surface area contributed by atoms with Crippen molar-refractivity contribution in [2.24, 2.45) is 17.3 Å². The monoisotopic (exact) mass is 367 g/mol. The lowest BCUT2D eigenvalue weighted by Gasteiger charge is -2.39. The lowest BCUT2D eigenvalue weighted by Crippen LogP contribution is -2.46. The molecule has 2 nitrogen and oxygen atoms in total. The lowest BCUT2D eigenvalue weighted by molar-refractivity contribution is -0.134. The second-order valence-electron chi connectivity index (χ2n) is 10.4. The van der Waals surface area contributed by atoms with Gasteiger partial charge in [-0.15, -0.1) is 0 Å². The summed E-state index contributed by atoms with van der Waals surface area (Å²) in [6.45, 7) is 14.5. The quantitative estimate of drug-likeness (QED) is 0.615. The van der Waals surface area contributed by atoms with Crippen LogP contribution in [0, 0.1) is 17.3 Å². The zero-order valence-corrected chi connectivity index (χ0v) is 18.1. The van der Waals surface area contributed by atoms with Gasteiger partial charge in [0.25, 0.3) is 0 Å². The Morgan fingerprint density at radius 2 is 1.89 bits per heavy atom. The van der Waals surface area contributed by atoms with Gasteiger partial charge in [-0.3, -0.25) is 4.79 Å². The van der Waals surface area contributed by atoms with Crippen LogP contribution in [0.1, 0.15) is 78.4 Å². The van der Waals surface area contributed by atoms with E-state index in [0.29, 0.717) is 24.2 Å². The van der Waals surface area contributed by atoms with Crippen molar-refractivity contribution in [1.82, 2.24) is 4.90 Å². The minimum Gasteiger partial charge on any atom is -0.336 e. The topological polar surface area (TPSA) is 20.3 Å². The predicted octanol–water partition coefficient (Wildman–Crippen LogP) is 6.11. The fraction of sp³-hybridized carbons (Fsp3) is 0.640. The summed E-state index contributed by atoms with van der Waals surface area (Å²) in [5.74, 6) is 1.39. The zero-order chi connectivity index (χ0) is 19.8. The summed E-state index contributed by atoms with van der Waals surface area (Å²) in [5.41, 5.74) is 6.22. The van der Waals surface area contributed by atoms with Crippen molar-refractivity contribution in [3.63, 3.8) is 0 Å². The third-order valence-corrected chi connectivity index (χ3v) is 5.99. The number of hydrogen-bond acceptors (Lipinski definition) is 1. The van der Waals surface area contributed by atoms with E-state index in [0.717, 1.165) is 32.2 Å². The molecule has 0 bridgehead atoms. The Labute approximate surface area is 166 Å². The van der Waals surface area contributed by atoms with E-state index in [1.54, 1.807) is 0 Å². The third kappa shape index (κ3) is 4.65. The van der Waals surface area contributed by atoms with E-state index in [2.05, 4.69) is 70.7 Å². The molecule has 1 aliphatic carbocycles. The summed E-state index contributed by atoms with van der Waals surface area (Å²) < 4.78 is 0. The molecule has 1 amide bonds. The van der Waals surface area contributed by atoms with Gasteiger partial charge in [0, 0.05) is 13.0 Å². The molecular weight excluding hydrogens is 330 g/mol. The minimum atomic E-state index is 0.279. The summed E-state index contributed by atoms with van der Waals surface area (Å²) in [7, 11) is 0. The fourth-order valence-corrected chi connectivity index (χ4v) is 5.19. The van der Waals surface area contributed by atoms with Crippen LogP contribution in [0.3, 0.4) is 0 Å². The van der Waals surface area contributed by atoms with Gasteiger partial charge in [-0.1, -0.05) is 65.8 Å². The molecule has 1 aliphatic heterocycles. The average Bonchev–Trinajstić information content (AvgIpc) is 2.92. The first-order valence-electron chi connectivity index (χ1n) is 10.8. The summed E-state index contributed by atoms with van der Waals surface area (Å²) >= 11 is 0. The Morgan fingerprint density at radius 3 is 2.56 bits per heavy atom. The van der Waals surface area contributed by atoms with Crippen molar-refractivity contribution in [2.75, 3.05) is 6.54 Å². The van der Waals surface area contributed by atoms with Crippen molar-refractivity contribution in [3.8, 4) is 0 Å². The first-order chi connectivity index (χ1) is 12.7. The van der Waals surface area contributed by atoms with Crippen LogP contribution in [0.5, 0.6) is 0 Å². The first kappa shape index (κ1) is 20.2. The molecule has 3 rings (SSSR count). The van der Waals surface area contributed by atoms with Crippen molar-refractivity contribution >= 4 is 11.5 Å². The van der Waals surface area contributed by atoms with Crippen molar-refractivity contribution < 1.29 is 4.79 Å². The smallest absolute Gasteiger partial charge is 0.223 e. The molecule has 2 aliphatic rings. The summed E-state index contributed by atoms with van der Waals surface area (Å²) in [6, 6.07) is 9.12. The normalized spacial score (nSPS) is 20.7. The number of carbonyl (C=O) groups is 1. The maximum absolute atomic E-state index is 13.3. The number of hydrogen-bond donors (Lipinski definition) is 0. The number of benzene rings is 1. The highest BCUT2D eigenvalue weighted by Crippen LogP contribution is 2.42. The molecule has 1 heterocycles. The molecule has 2 unspecified atom stereocenters. The van der Waals surface area contributed by atoms with E-state index in [4.69, 9.17) is 0 Å². The largest absolute Gasteiger partial charge is 0.336 e. The molecule has 0 saturated heterocycles. The molecule has 148 valence electrons. The van der Waals surface area contributed by atoms with Crippen LogP contribution in [0.25, 0.3) is 5.57 Å². The van der Waals surface area contributed by atoms with Crippen LogP contribution in [0.4, 0.5) is 0 Å². The second kappa shape index (κ2) is 7.81. The molecule has 2 atom stereocenters. The van der Waals surface area contributed by atoms with Crippen LogP contribution >= 0.6 is 0 Å². The van der Waals surface area contributed by atoms with E-state index < -0.39 is 0 Å². The predicted molar refractivity (Wildman–Crippen MR) is 114 cm³/mol. The molecule has 0 aromatic heterocycles. The van der Waals surface area contributed by atoms with Crippen LogP contribution in [0.2, 0.25) is 0 Å². The Bertz CT molecular complexity index is 722. The minimum absolute atomic E-state index is 0.279. The van der Waals surface area contributed by atoms with Gasteiger partial charge in [-0.25, -0.2) is 0 Å². The highest BCUT2D eigenvalue weighted by atomic mass is 16.2. The SMILES string of the molecule is CC(C)CC1C2=C(CCN1C(=O)CC(C)CC(C)(C)C)c1ccccc1C2. The van der Waals surface area contributed by atoms with Gasteiger partial charge in [-0.2, -0.15) is 0 Å². The Morgan fingerprint density at radius 1 is 1.19 bits per heavy atom. The maximum atomic E-state index is 13.3. The van der Waals surface area contributed by atoms with E-state index in [9.17, 15) is 4.79 Å². The van der Waals surface area contributed by atoms with Gasteiger partial charge in [0.1, 0.15) is 0 Å². The number of carbonyl (C=O) groups excluding carboxylic acids is 1. The standard InChI is InChI=1S/C25H37NO/c1-17(2)13-23-22-15-19-9-7-8-10-20(19)21(22)11-12-26(23)24(27)14-18(3)16-25(4,5)6/h7-10,17-18,23H,11-16H2,1-6H3. The van der Waals surface area contributed by atoms with Crippen LogP contribution < -0.4 is 0 Å². The molecular formula is C25H37NO. The van der Waals surface area contributed by atoms with Gasteiger partial charge in [0.15, 0.2) is 0 Å². The average molecular weight is 368 g/mol. The van der Waals surface area contributed by atoms with E-state index >= 15 is 0 Å². The molecule has 1 aromatic rings. The van der Waals surface area contributed by atoms with Crippen LogP contribution in [0.15, 0.2) is 29.8 Å². The molecule has 27 heavy (non-hydrogen) atoms. The summed E-state index contributed by atoms with van der Waals surface area (Å²) in [6.07, 6.45) is 4.90. The highest BCUT2D eigenvalue weighted by molar-refractivity contribution is 5.83. The third-order valence-electron chi connectivity index (χ3n) is 5.99. The number of rotatable bonds is 5. The van der Waals surface area contributed by atoms with E-state index in [-0.39, 0.29) is 11.5 Å². The van der Waals surface area contributed by atoms with Gasteiger partial charge >= 0.3 is 0 Å². The molecule has 1 aromatic carbocycles. The van der Waals surface area contributed by atoms with Gasteiger partial charge in [-0.05, 0) is 65.2 Å². The summed E-state index contributed by atoms with van der Waals surface area (Å²) in [5, 5.41) is 0.